The largest absolute Gasteiger partial charge is 0.481 e. The van der Waals surface area contributed by atoms with Gasteiger partial charge in [-0.2, -0.15) is 26.3 Å². The van der Waals surface area contributed by atoms with E-state index in [1.54, 1.807) is 25.7 Å². The van der Waals surface area contributed by atoms with Crippen molar-refractivity contribution in [2.24, 2.45) is 5.92 Å². The van der Waals surface area contributed by atoms with Crippen LogP contribution in [0.5, 0.6) is 0 Å². The van der Waals surface area contributed by atoms with Gasteiger partial charge in [0.25, 0.3) is 0 Å². The lowest BCUT2D eigenvalue weighted by molar-refractivity contribution is -0.145. The summed E-state index contributed by atoms with van der Waals surface area (Å²) >= 11 is 0. The maximum Gasteiger partial charge on any atom is 0.416 e. The molecule has 0 radical (unpaired) electrons. The number of carboxylic acid groups (broad SMARTS) is 1. The first kappa shape index (κ1) is 20.5. The number of rotatable bonds is 2. The fourth-order valence-electron chi connectivity index (χ4n) is 3.22. The summed E-state index contributed by atoms with van der Waals surface area (Å²) in [5, 5.41) is 9.42. The molecule has 3 nitrogen and oxygen atoms in total. The van der Waals surface area contributed by atoms with Crippen LogP contribution in [0.15, 0.2) is 18.2 Å². The molecule has 1 saturated heterocycles. The lowest BCUT2D eigenvalue weighted by atomic mass is 9.85. The average molecular weight is 383 g/mol. The van der Waals surface area contributed by atoms with Gasteiger partial charge < -0.3 is 5.11 Å². The predicted molar refractivity (Wildman–Crippen MR) is 81.6 cm³/mol. The van der Waals surface area contributed by atoms with Crippen LogP contribution < -0.4 is 0 Å². The number of nitrogens with zero attached hydrogens (tertiary/aromatic N) is 1. The van der Waals surface area contributed by atoms with Crippen LogP contribution in [0.3, 0.4) is 0 Å². The van der Waals surface area contributed by atoms with Gasteiger partial charge in [0.1, 0.15) is 0 Å². The number of hydrogen-bond donors (Lipinski definition) is 1. The van der Waals surface area contributed by atoms with Crippen molar-refractivity contribution in [2.75, 3.05) is 13.1 Å². The quantitative estimate of drug-likeness (QED) is 0.758. The Balaban J connectivity index is 2.56. The molecule has 0 spiro atoms. The molecule has 0 bridgehead atoms. The summed E-state index contributed by atoms with van der Waals surface area (Å²) in [6.07, 6.45) is -9.94. The molecule has 2 atom stereocenters. The monoisotopic (exact) mass is 383 g/mol. The zero-order valence-electron chi connectivity index (χ0n) is 14.4. The minimum atomic E-state index is -5.02. The number of aliphatic carboxylic acids is 1. The van der Waals surface area contributed by atoms with E-state index in [-0.39, 0.29) is 19.2 Å². The van der Waals surface area contributed by atoms with Gasteiger partial charge in [0.2, 0.25) is 0 Å². The van der Waals surface area contributed by atoms with E-state index in [1.165, 1.54) is 0 Å². The standard InChI is InChI=1S/C17H19F6NO2/c1-15(2,3)24-7-11(12(8-24)14(25)26)10-5-4-9(16(18,19)20)6-13(10)17(21,22)23/h4-6,11-12H,7-8H2,1-3H3,(H,25,26)/t11-,12+/m0/s1. The summed E-state index contributed by atoms with van der Waals surface area (Å²) in [4.78, 5) is 13.3. The molecule has 1 aliphatic heterocycles. The van der Waals surface area contributed by atoms with Gasteiger partial charge in [-0.25, -0.2) is 0 Å². The summed E-state index contributed by atoms with van der Waals surface area (Å²) in [7, 11) is 0. The second-order valence-electron chi connectivity index (χ2n) is 7.42. The van der Waals surface area contributed by atoms with Crippen LogP contribution in [-0.4, -0.2) is 34.6 Å². The third kappa shape index (κ3) is 4.13. The SMILES string of the molecule is CC(C)(C)N1C[C@@H](C(=O)O)[C@H](c2ccc(C(F)(F)F)cc2C(F)(F)F)C1. The van der Waals surface area contributed by atoms with E-state index in [9.17, 15) is 36.2 Å². The van der Waals surface area contributed by atoms with Crippen LogP contribution in [0, 0.1) is 5.92 Å². The van der Waals surface area contributed by atoms with E-state index in [4.69, 9.17) is 0 Å². The number of likely N-dealkylation sites (tertiary alicyclic amines) is 1. The molecule has 26 heavy (non-hydrogen) atoms. The molecule has 1 fully saturated rings. The lowest BCUT2D eigenvalue weighted by Crippen LogP contribution is -2.40. The summed E-state index contributed by atoms with van der Waals surface area (Å²) in [5.41, 5.74) is -3.73. The fourth-order valence-corrected chi connectivity index (χ4v) is 3.22. The summed E-state index contributed by atoms with van der Waals surface area (Å²) in [5.74, 6) is -3.45. The highest BCUT2D eigenvalue weighted by atomic mass is 19.4. The van der Waals surface area contributed by atoms with Crippen molar-refractivity contribution < 1.29 is 36.2 Å². The van der Waals surface area contributed by atoms with Gasteiger partial charge in [0, 0.05) is 24.5 Å². The Hall–Kier alpha value is -1.77. The van der Waals surface area contributed by atoms with E-state index in [0.29, 0.717) is 6.07 Å². The average Bonchev–Trinajstić information content (AvgIpc) is 2.90. The molecule has 2 rings (SSSR count). The van der Waals surface area contributed by atoms with Gasteiger partial charge in [-0.15, -0.1) is 0 Å². The van der Waals surface area contributed by atoms with Crippen molar-refractivity contribution >= 4 is 5.97 Å². The Bertz CT molecular complexity index is 690. The summed E-state index contributed by atoms with van der Waals surface area (Å²) < 4.78 is 78.7. The topological polar surface area (TPSA) is 40.5 Å². The Labute approximate surface area is 146 Å². The smallest absolute Gasteiger partial charge is 0.416 e. The molecule has 0 saturated carbocycles. The zero-order chi connectivity index (χ0) is 20.1. The van der Waals surface area contributed by atoms with E-state index in [0.717, 1.165) is 6.07 Å². The fraction of sp³-hybridized carbons (Fsp3) is 0.588. The van der Waals surface area contributed by atoms with Crippen molar-refractivity contribution in [1.29, 1.82) is 0 Å². The second-order valence-corrected chi connectivity index (χ2v) is 7.42. The first-order valence-corrected chi connectivity index (χ1v) is 7.88. The minimum Gasteiger partial charge on any atom is -0.481 e. The molecule has 1 N–H and O–H groups in total. The first-order valence-electron chi connectivity index (χ1n) is 7.88. The number of alkyl halides is 6. The first-order chi connectivity index (χ1) is 11.6. The molecule has 1 aromatic carbocycles. The van der Waals surface area contributed by atoms with E-state index < -0.39 is 52.4 Å². The molecule has 1 heterocycles. The molecule has 0 amide bonds. The van der Waals surface area contributed by atoms with Crippen LogP contribution in [0.2, 0.25) is 0 Å². The Morgan fingerprint density at radius 1 is 1.04 bits per heavy atom. The predicted octanol–water partition coefficient (Wildman–Crippen LogP) is 4.62. The molecule has 1 aromatic rings. The van der Waals surface area contributed by atoms with E-state index >= 15 is 0 Å². The third-order valence-electron chi connectivity index (χ3n) is 4.67. The molecular weight excluding hydrogens is 364 g/mol. The van der Waals surface area contributed by atoms with E-state index in [2.05, 4.69) is 0 Å². The molecule has 0 unspecified atom stereocenters. The van der Waals surface area contributed by atoms with E-state index in [1.807, 2.05) is 0 Å². The Morgan fingerprint density at radius 3 is 2.04 bits per heavy atom. The maximum absolute atomic E-state index is 13.4. The maximum atomic E-state index is 13.4. The number of carboxylic acids is 1. The third-order valence-corrected chi connectivity index (χ3v) is 4.67. The molecule has 9 heteroatoms. The van der Waals surface area contributed by atoms with Gasteiger partial charge in [0.05, 0.1) is 17.0 Å². The molecule has 1 aliphatic rings. The molecular formula is C17H19F6NO2. The van der Waals surface area contributed by atoms with Gasteiger partial charge in [-0.3, -0.25) is 9.69 Å². The van der Waals surface area contributed by atoms with Gasteiger partial charge in [-0.1, -0.05) is 6.07 Å². The zero-order valence-corrected chi connectivity index (χ0v) is 14.4. The normalized spacial score (nSPS) is 22.7. The highest BCUT2D eigenvalue weighted by molar-refractivity contribution is 5.72. The minimum absolute atomic E-state index is 0.0227. The van der Waals surface area contributed by atoms with Crippen LogP contribution in [0.25, 0.3) is 0 Å². The van der Waals surface area contributed by atoms with Crippen molar-refractivity contribution in [3.8, 4) is 0 Å². The highest BCUT2D eigenvalue weighted by Crippen LogP contribution is 2.44. The Morgan fingerprint density at radius 2 is 1.62 bits per heavy atom. The van der Waals surface area contributed by atoms with Crippen LogP contribution >= 0.6 is 0 Å². The number of halogens is 6. The molecule has 0 aliphatic carbocycles. The van der Waals surface area contributed by atoms with Gasteiger partial charge in [-0.05, 0) is 38.5 Å². The highest BCUT2D eigenvalue weighted by Gasteiger charge is 2.46. The van der Waals surface area contributed by atoms with Crippen molar-refractivity contribution in [2.45, 2.75) is 44.6 Å². The van der Waals surface area contributed by atoms with Crippen LogP contribution in [0.4, 0.5) is 26.3 Å². The number of hydrogen-bond acceptors (Lipinski definition) is 2. The molecule has 0 aromatic heterocycles. The molecule has 146 valence electrons. The number of benzene rings is 1. The van der Waals surface area contributed by atoms with Crippen molar-refractivity contribution in [3.05, 3.63) is 34.9 Å². The Kier molecular flexibility index (Phi) is 5.09. The van der Waals surface area contributed by atoms with Gasteiger partial charge >= 0.3 is 18.3 Å². The van der Waals surface area contributed by atoms with Gasteiger partial charge in [0.15, 0.2) is 0 Å². The van der Waals surface area contributed by atoms with Crippen molar-refractivity contribution in [3.63, 3.8) is 0 Å². The van der Waals surface area contributed by atoms with Crippen LogP contribution in [-0.2, 0) is 17.1 Å². The lowest BCUT2D eigenvalue weighted by Gasteiger charge is -2.31. The second kappa shape index (κ2) is 6.44. The van der Waals surface area contributed by atoms with Crippen molar-refractivity contribution in [1.82, 2.24) is 4.90 Å². The summed E-state index contributed by atoms with van der Waals surface area (Å²) in [6.45, 7) is 5.44. The number of carbonyl (C=O) groups is 1. The van der Waals surface area contributed by atoms with Crippen LogP contribution in [0.1, 0.15) is 43.4 Å². The summed E-state index contributed by atoms with van der Waals surface area (Å²) in [6, 6.07) is 1.40.